The summed E-state index contributed by atoms with van der Waals surface area (Å²) in [6.45, 7) is 2.47. The highest BCUT2D eigenvalue weighted by molar-refractivity contribution is 9.11. The molecule has 0 saturated heterocycles. The van der Waals surface area contributed by atoms with Crippen molar-refractivity contribution in [3.63, 3.8) is 0 Å². The van der Waals surface area contributed by atoms with Crippen LogP contribution in [0.15, 0.2) is 49.8 Å². The Morgan fingerprint density at radius 3 is 2.29 bits per heavy atom. The van der Waals surface area contributed by atoms with Crippen molar-refractivity contribution < 1.29 is 14.3 Å². The second kappa shape index (κ2) is 7.42. The van der Waals surface area contributed by atoms with Crippen LogP contribution in [-0.4, -0.2) is 12.6 Å². The van der Waals surface area contributed by atoms with Gasteiger partial charge in [-0.25, -0.2) is 4.79 Å². The summed E-state index contributed by atoms with van der Waals surface area (Å²) in [5.41, 5.74) is 0.445. The van der Waals surface area contributed by atoms with Crippen LogP contribution in [0.3, 0.4) is 0 Å². The zero-order valence-electron chi connectivity index (χ0n) is 11.0. The Morgan fingerprint density at radius 1 is 1.00 bits per heavy atom. The van der Waals surface area contributed by atoms with Crippen molar-refractivity contribution in [2.24, 2.45) is 0 Å². The van der Waals surface area contributed by atoms with Gasteiger partial charge in [0.05, 0.1) is 21.1 Å². The van der Waals surface area contributed by atoms with Crippen LogP contribution in [0.2, 0.25) is 0 Å². The molecular weight excluding hydrogens is 468 g/mol. The van der Waals surface area contributed by atoms with Gasteiger partial charge in [0.2, 0.25) is 0 Å². The number of hydrogen-bond acceptors (Lipinski definition) is 3. The number of benzene rings is 2. The van der Waals surface area contributed by atoms with E-state index < -0.39 is 5.97 Å². The third-order valence-corrected chi connectivity index (χ3v) is 4.30. The molecule has 6 heteroatoms. The van der Waals surface area contributed by atoms with Crippen molar-refractivity contribution in [2.75, 3.05) is 6.61 Å². The molecule has 110 valence electrons. The summed E-state index contributed by atoms with van der Waals surface area (Å²) in [6, 6.07) is 10.4. The third kappa shape index (κ3) is 4.31. The van der Waals surface area contributed by atoms with Crippen LogP contribution >= 0.6 is 47.8 Å². The van der Waals surface area contributed by atoms with Gasteiger partial charge in [0.25, 0.3) is 0 Å². The standard InChI is InChI=1S/C15H11Br3O3/c1-2-20-13-5-3-9(7-11(13)17)15(19)21-14-6-4-10(16)8-12(14)18/h3-8H,2H2,1H3. The highest BCUT2D eigenvalue weighted by atomic mass is 79.9. The lowest BCUT2D eigenvalue weighted by Crippen LogP contribution is -2.09. The van der Waals surface area contributed by atoms with Crippen LogP contribution in [0.4, 0.5) is 0 Å². The molecular formula is C15H11Br3O3. The quantitative estimate of drug-likeness (QED) is 0.424. The molecule has 2 rings (SSSR count). The Hall–Kier alpha value is -0.850. The van der Waals surface area contributed by atoms with Gasteiger partial charge >= 0.3 is 5.97 Å². The Labute approximate surface area is 148 Å². The number of carbonyl (C=O) groups excluding carboxylic acids is 1. The molecule has 0 aliphatic heterocycles. The largest absolute Gasteiger partial charge is 0.493 e. The summed E-state index contributed by atoms with van der Waals surface area (Å²) in [7, 11) is 0. The van der Waals surface area contributed by atoms with Crippen LogP contribution in [0, 0.1) is 0 Å². The maximum Gasteiger partial charge on any atom is 0.343 e. The van der Waals surface area contributed by atoms with Crippen molar-refractivity contribution in [1.29, 1.82) is 0 Å². The molecule has 0 bridgehead atoms. The molecule has 0 N–H and O–H groups in total. The first-order chi connectivity index (χ1) is 10.0. The lowest BCUT2D eigenvalue weighted by Gasteiger charge is -2.09. The molecule has 0 radical (unpaired) electrons. The van der Waals surface area contributed by atoms with Crippen LogP contribution in [-0.2, 0) is 0 Å². The average Bonchev–Trinajstić information content (AvgIpc) is 2.44. The molecule has 21 heavy (non-hydrogen) atoms. The van der Waals surface area contributed by atoms with Gasteiger partial charge in [-0.15, -0.1) is 0 Å². The molecule has 0 atom stereocenters. The fourth-order valence-electron chi connectivity index (χ4n) is 1.62. The molecule has 0 amide bonds. The maximum absolute atomic E-state index is 12.2. The van der Waals surface area contributed by atoms with Gasteiger partial charge in [0.1, 0.15) is 11.5 Å². The number of hydrogen-bond donors (Lipinski definition) is 0. The number of rotatable bonds is 4. The molecule has 0 saturated carbocycles. The molecule has 0 spiro atoms. The van der Waals surface area contributed by atoms with Gasteiger partial charge < -0.3 is 9.47 Å². The van der Waals surface area contributed by atoms with Gasteiger partial charge in [0.15, 0.2) is 0 Å². The van der Waals surface area contributed by atoms with E-state index in [9.17, 15) is 4.79 Å². The Morgan fingerprint density at radius 2 is 1.67 bits per heavy atom. The number of carbonyl (C=O) groups is 1. The van der Waals surface area contributed by atoms with E-state index >= 15 is 0 Å². The van der Waals surface area contributed by atoms with Crippen molar-refractivity contribution in [3.8, 4) is 11.5 Å². The van der Waals surface area contributed by atoms with E-state index in [1.165, 1.54) is 0 Å². The van der Waals surface area contributed by atoms with Crippen molar-refractivity contribution in [1.82, 2.24) is 0 Å². The van der Waals surface area contributed by atoms with Gasteiger partial charge in [-0.1, -0.05) is 15.9 Å². The van der Waals surface area contributed by atoms with Gasteiger partial charge in [-0.05, 0) is 75.2 Å². The number of ether oxygens (including phenoxy) is 2. The lowest BCUT2D eigenvalue weighted by molar-refractivity contribution is 0.0733. The van der Waals surface area contributed by atoms with Gasteiger partial charge in [0, 0.05) is 4.47 Å². The van der Waals surface area contributed by atoms with Crippen LogP contribution < -0.4 is 9.47 Å². The minimum atomic E-state index is -0.429. The monoisotopic (exact) mass is 476 g/mol. The fourth-order valence-corrected chi connectivity index (χ4v) is 3.24. The first-order valence-electron chi connectivity index (χ1n) is 6.11. The Bertz CT molecular complexity index is 671. The fraction of sp³-hybridized carbons (Fsp3) is 0.133. The van der Waals surface area contributed by atoms with E-state index in [1.54, 1.807) is 24.3 Å². The normalized spacial score (nSPS) is 10.3. The van der Waals surface area contributed by atoms with Crippen molar-refractivity contribution >= 4 is 53.8 Å². The summed E-state index contributed by atoms with van der Waals surface area (Å²) >= 11 is 10.1. The minimum absolute atomic E-state index is 0.429. The highest BCUT2D eigenvalue weighted by Gasteiger charge is 2.13. The summed E-state index contributed by atoms with van der Waals surface area (Å²) in [5, 5.41) is 0. The molecule has 0 aromatic heterocycles. The highest BCUT2D eigenvalue weighted by Crippen LogP contribution is 2.30. The molecule has 3 nitrogen and oxygen atoms in total. The molecule has 0 fully saturated rings. The first-order valence-corrected chi connectivity index (χ1v) is 8.48. The Kier molecular flexibility index (Phi) is 5.84. The molecule has 0 aliphatic carbocycles. The molecule has 0 unspecified atom stereocenters. The summed E-state index contributed by atoms with van der Waals surface area (Å²) in [5.74, 6) is 0.730. The van der Waals surface area contributed by atoms with Crippen LogP contribution in [0.25, 0.3) is 0 Å². The van der Waals surface area contributed by atoms with E-state index in [0.717, 1.165) is 4.47 Å². The predicted molar refractivity (Wildman–Crippen MR) is 92.1 cm³/mol. The molecule has 0 heterocycles. The van der Waals surface area contributed by atoms with E-state index in [1.807, 2.05) is 19.1 Å². The van der Waals surface area contributed by atoms with Gasteiger partial charge in [-0.2, -0.15) is 0 Å². The minimum Gasteiger partial charge on any atom is -0.493 e. The molecule has 2 aromatic rings. The van der Waals surface area contributed by atoms with Crippen molar-refractivity contribution in [2.45, 2.75) is 6.92 Å². The smallest absolute Gasteiger partial charge is 0.343 e. The topological polar surface area (TPSA) is 35.5 Å². The maximum atomic E-state index is 12.2. The summed E-state index contributed by atoms with van der Waals surface area (Å²) in [4.78, 5) is 12.2. The Balaban J connectivity index is 2.18. The van der Waals surface area contributed by atoms with E-state index in [2.05, 4.69) is 47.8 Å². The third-order valence-electron chi connectivity index (χ3n) is 2.56. The zero-order valence-corrected chi connectivity index (χ0v) is 15.8. The molecule has 0 aliphatic rings. The van der Waals surface area contributed by atoms with Crippen LogP contribution in [0.5, 0.6) is 11.5 Å². The predicted octanol–water partition coefficient (Wildman–Crippen LogP) is 5.59. The summed E-state index contributed by atoms with van der Waals surface area (Å²) < 4.78 is 13.1. The van der Waals surface area contributed by atoms with E-state index in [-0.39, 0.29) is 0 Å². The SMILES string of the molecule is CCOc1ccc(C(=O)Oc2ccc(Br)cc2Br)cc1Br. The van der Waals surface area contributed by atoms with E-state index in [0.29, 0.717) is 32.6 Å². The van der Waals surface area contributed by atoms with E-state index in [4.69, 9.17) is 9.47 Å². The number of esters is 1. The number of halogens is 3. The van der Waals surface area contributed by atoms with Crippen LogP contribution in [0.1, 0.15) is 17.3 Å². The zero-order chi connectivity index (χ0) is 15.4. The van der Waals surface area contributed by atoms with Crippen molar-refractivity contribution in [3.05, 3.63) is 55.4 Å². The summed E-state index contributed by atoms with van der Waals surface area (Å²) in [6.07, 6.45) is 0. The second-order valence-electron chi connectivity index (χ2n) is 4.04. The first kappa shape index (κ1) is 16.5. The lowest BCUT2D eigenvalue weighted by atomic mass is 10.2. The second-order valence-corrected chi connectivity index (χ2v) is 6.67. The van der Waals surface area contributed by atoms with Gasteiger partial charge in [-0.3, -0.25) is 0 Å². The average molecular weight is 479 g/mol. The molecule has 2 aromatic carbocycles.